The Morgan fingerprint density at radius 3 is 2.51 bits per heavy atom. The number of hydrogen-bond donors (Lipinski definition) is 0. The number of nitrogens with zero attached hydrogens (tertiary/aromatic N) is 4. The number of aliphatic imine (C=N–C) groups is 1. The molecule has 2 amide bonds. The molecular formula is C32H33IN4O4. The van der Waals surface area contributed by atoms with Gasteiger partial charge < -0.3 is 19.3 Å². The molecule has 3 aromatic rings. The predicted molar refractivity (Wildman–Crippen MR) is 167 cm³/mol. The molecule has 0 aromatic heterocycles. The van der Waals surface area contributed by atoms with Crippen molar-refractivity contribution in [3.63, 3.8) is 0 Å². The number of carbonyl (C=O) groups is 2. The van der Waals surface area contributed by atoms with Crippen molar-refractivity contribution in [3.05, 3.63) is 80.4 Å². The van der Waals surface area contributed by atoms with Crippen molar-refractivity contribution in [2.75, 3.05) is 39.5 Å². The number of benzene rings is 3. The number of piperazine rings is 1. The Morgan fingerprint density at radius 2 is 1.76 bits per heavy atom. The molecule has 0 spiro atoms. The van der Waals surface area contributed by atoms with Gasteiger partial charge in [-0.3, -0.25) is 19.5 Å². The first kappa shape index (κ1) is 27.7. The van der Waals surface area contributed by atoms with Gasteiger partial charge in [-0.15, -0.1) is 0 Å². The lowest BCUT2D eigenvalue weighted by atomic mass is 10.1. The molecule has 3 heterocycles. The molecule has 9 heteroatoms. The van der Waals surface area contributed by atoms with Crippen molar-refractivity contribution in [1.82, 2.24) is 14.7 Å². The van der Waals surface area contributed by atoms with Gasteiger partial charge in [-0.2, -0.15) is 0 Å². The third kappa shape index (κ3) is 5.97. The number of ether oxygens (including phenoxy) is 2. The fourth-order valence-corrected chi connectivity index (χ4v) is 6.13. The Morgan fingerprint density at radius 1 is 0.976 bits per heavy atom. The third-order valence-electron chi connectivity index (χ3n) is 7.96. The van der Waals surface area contributed by atoms with E-state index in [9.17, 15) is 9.59 Å². The predicted octanol–water partition coefficient (Wildman–Crippen LogP) is 5.82. The van der Waals surface area contributed by atoms with Gasteiger partial charge in [-0.1, -0.05) is 17.7 Å². The van der Waals surface area contributed by atoms with E-state index in [2.05, 4.69) is 32.5 Å². The van der Waals surface area contributed by atoms with Crippen LogP contribution in [-0.2, 0) is 0 Å². The van der Waals surface area contributed by atoms with Crippen LogP contribution in [0.2, 0.25) is 0 Å². The SMILES string of the molecule is Cc1ccc(Oc2ccc(C(=O)N3CCN(COc4cc5c(cc4C)C(=O)N4CCC[C@H]4C=N5)CC3)cc2I)cc1. The van der Waals surface area contributed by atoms with E-state index < -0.39 is 0 Å². The monoisotopic (exact) mass is 664 g/mol. The zero-order valence-electron chi connectivity index (χ0n) is 23.3. The van der Waals surface area contributed by atoms with E-state index in [-0.39, 0.29) is 17.9 Å². The number of fused-ring (bicyclic) bond motifs is 2. The molecule has 2 saturated heterocycles. The van der Waals surface area contributed by atoms with Crippen LogP contribution in [0.4, 0.5) is 5.69 Å². The summed E-state index contributed by atoms with van der Waals surface area (Å²) in [5.41, 5.74) is 4.07. The zero-order chi connectivity index (χ0) is 28.5. The number of halogens is 1. The summed E-state index contributed by atoms with van der Waals surface area (Å²) in [7, 11) is 0. The quantitative estimate of drug-likeness (QED) is 0.311. The minimum absolute atomic E-state index is 0.0232. The average Bonchev–Trinajstić information content (AvgIpc) is 3.41. The molecule has 2 fully saturated rings. The third-order valence-corrected chi connectivity index (χ3v) is 8.80. The van der Waals surface area contributed by atoms with Crippen LogP contribution in [-0.4, -0.2) is 78.2 Å². The maximum atomic E-state index is 13.2. The van der Waals surface area contributed by atoms with Gasteiger partial charge in [0.25, 0.3) is 11.8 Å². The number of hydrogen-bond acceptors (Lipinski definition) is 6. The molecule has 3 aliphatic rings. The van der Waals surface area contributed by atoms with Crippen LogP contribution in [0.1, 0.15) is 44.7 Å². The molecule has 0 radical (unpaired) electrons. The smallest absolute Gasteiger partial charge is 0.256 e. The van der Waals surface area contributed by atoms with Crippen LogP contribution in [0, 0.1) is 17.4 Å². The van der Waals surface area contributed by atoms with E-state index in [4.69, 9.17) is 9.47 Å². The number of aryl methyl sites for hydroxylation is 2. The van der Waals surface area contributed by atoms with Crippen molar-refractivity contribution in [3.8, 4) is 17.2 Å². The van der Waals surface area contributed by atoms with E-state index in [1.54, 1.807) is 0 Å². The second-order valence-electron chi connectivity index (χ2n) is 10.9. The van der Waals surface area contributed by atoms with Gasteiger partial charge in [-0.25, -0.2) is 0 Å². The molecule has 3 aromatic carbocycles. The van der Waals surface area contributed by atoms with Gasteiger partial charge in [0.2, 0.25) is 0 Å². The Labute approximate surface area is 254 Å². The van der Waals surface area contributed by atoms with Gasteiger partial charge in [-0.05, 0) is 91.2 Å². The van der Waals surface area contributed by atoms with E-state index in [1.165, 1.54) is 5.56 Å². The summed E-state index contributed by atoms with van der Waals surface area (Å²) in [6, 6.07) is 17.4. The van der Waals surface area contributed by atoms with E-state index in [0.717, 1.165) is 45.8 Å². The Bertz CT molecular complexity index is 1500. The maximum absolute atomic E-state index is 13.2. The first-order chi connectivity index (χ1) is 19.9. The van der Waals surface area contributed by atoms with Crippen LogP contribution in [0.15, 0.2) is 59.6 Å². The molecule has 1 atom stereocenters. The topological polar surface area (TPSA) is 74.7 Å². The van der Waals surface area contributed by atoms with E-state index in [0.29, 0.717) is 49.7 Å². The Kier molecular flexibility index (Phi) is 7.99. The van der Waals surface area contributed by atoms with Crippen LogP contribution in [0.25, 0.3) is 0 Å². The molecular weight excluding hydrogens is 631 g/mol. The molecule has 3 aliphatic heterocycles. The lowest BCUT2D eigenvalue weighted by molar-refractivity contribution is 0.0480. The molecule has 41 heavy (non-hydrogen) atoms. The largest absolute Gasteiger partial charge is 0.478 e. The number of carbonyl (C=O) groups excluding carboxylic acids is 2. The highest BCUT2D eigenvalue weighted by Crippen LogP contribution is 2.34. The highest BCUT2D eigenvalue weighted by Gasteiger charge is 2.32. The molecule has 0 saturated carbocycles. The van der Waals surface area contributed by atoms with Gasteiger partial charge in [0.05, 0.1) is 20.9 Å². The lowest BCUT2D eigenvalue weighted by Gasteiger charge is -2.34. The average molecular weight is 665 g/mol. The highest BCUT2D eigenvalue weighted by atomic mass is 127. The fourth-order valence-electron chi connectivity index (χ4n) is 5.50. The summed E-state index contributed by atoms with van der Waals surface area (Å²) in [5.74, 6) is 2.32. The van der Waals surface area contributed by atoms with Crippen LogP contribution >= 0.6 is 22.6 Å². The minimum atomic E-state index is 0.0232. The lowest BCUT2D eigenvalue weighted by Crippen LogP contribution is -2.49. The molecule has 6 rings (SSSR count). The van der Waals surface area contributed by atoms with Crippen molar-refractivity contribution >= 4 is 46.3 Å². The van der Waals surface area contributed by atoms with Gasteiger partial charge in [0.1, 0.15) is 24.0 Å². The zero-order valence-corrected chi connectivity index (χ0v) is 25.5. The summed E-state index contributed by atoms with van der Waals surface area (Å²) in [5, 5.41) is 0. The van der Waals surface area contributed by atoms with Crippen LogP contribution in [0.5, 0.6) is 17.2 Å². The summed E-state index contributed by atoms with van der Waals surface area (Å²) in [6.07, 6.45) is 3.89. The van der Waals surface area contributed by atoms with Crippen molar-refractivity contribution in [1.29, 1.82) is 0 Å². The number of amides is 2. The normalized spacial score (nSPS) is 18.6. The second-order valence-corrected chi connectivity index (χ2v) is 12.0. The van der Waals surface area contributed by atoms with Gasteiger partial charge >= 0.3 is 0 Å². The van der Waals surface area contributed by atoms with E-state index >= 15 is 0 Å². The number of rotatable bonds is 6. The molecule has 0 aliphatic carbocycles. The second kappa shape index (κ2) is 11.8. The first-order valence-electron chi connectivity index (χ1n) is 14.0. The fraction of sp³-hybridized carbons (Fsp3) is 0.344. The summed E-state index contributed by atoms with van der Waals surface area (Å²) < 4.78 is 13.1. The van der Waals surface area contributed by atoms with Crippen molar-refractivity contribution < 1.29 is 19.1 Å². The highest BCUT2D eigenvalue weighted by molar-refractivity contribution is 14.1. The van der Waals surface area contributed by atoms with Crippen molar-refractivity contribution in [2.45, 2.75) is 32.7 Å². The Balaban J connectivity index is 1.03. The van der Waals surface area contributed by atoms with Gasteiger partial charge in [0, 0.05) is 50.6 Å². The maximum Gasteiger partial charge on any atom is 0.256 e. The van der Waals surface area contributed by atoms with E-state index in [1.807, 2.05) is 84.5 Å². The van der Waals surface area contributed by atoms with Crippen molar-refractivity contribution in [2.24, 2.45) is 4.99 Å². The Hall–Kier alpha value is -3.44. The molecule has 0 unspecified atom stereocenters. The van der Waals surface area contributed by atoms with Crippen LogP contribution < -0.4 is 9.47 Å². The summed E-state index contributed by atoms with van der Waals surface area (Å²) >= 11 is 2.22. The first-order valence-corrected chi connectivity index (χ1v) is 15.1. The molecule has 0 bridgehead atoms. The summed E-state index contributed by atoms with van der Waals surface area (Å²) in [6.45, 7) is 7.89. The summed E-state index contributed by atoms with van der Waals surface area (Å²) in [4.78, 5) is 36.9. The van der Waals surface area contributed by atoms with Gasteiger partial charge in [0.15, 0.2) is 0 Å². The molecule has 212 valence electrons. The molecule has 0 N–H and O–H groups in total. The van der Waals surface area contributed by atoms with Crippen LogP contribution in [0.3, 0.4) is 0 Å². The molecule has 8 nitrogen and oxygen atoms in total. The minimum Gasteiger partial charge on any atom is -0.478 e. The standard InChI is InChI=1S/C32H33IN4O4/c1-21-5-8-25(9-6-21)41-29-10-7-23(17-27(29)33)31(38)36-14-12-35(13-15-36)20-40-30-18-28-26(16-22(30)2)32(39)37-11-3-4-24(37)19-34-28/h5-10,16-19,24H,3-4,11-15,20H2,1-2H3/t24-/m0/s1.